The van der Waals surface area contributed by atoms with Gasteiger partial charge in [0.25, 0.3) is 0 Å². The summed E-state index contributed by atoms with van der Waals surface area (Å²) in [4.78, 5) is 22.7. The van der Waals surface area contributed by atoms with Gasteiger partial charge in [0.2, 0.25) is 5.91 Å². The maximum absolute atomic E-state index is 11.0. The maximum atomic E-state index is 11.0. The van der Waals surface area contributed by atoms with Gasteiger partial charge in [0.05, 0.1) is 5.92 Å². The number of carbonyl (C=O) groups excluding carboxylic acids is 1. The molecule has 68 valence electrons. The zero-order chi connectivity index (χ0) is 9.30. The van der Waals surface area contributed by atoms with Crippen LogP contribution in [0, 0.1) is 5.92 Å². The fraction of sp³-hybridized carbons (Fsp3) is 0.714. The van der Waals surface area contributed by atoms with Crippen LogP contribution < -0.4 is 0 Å². The maximum Gasteiger partial charge on any atom is 0.308 e. The summed E-state index contributed by atoms with van der Waals surface area (Å²) in [5.41, 5.74) is 0. The Labute approximate surface area is 69.6 Å². The minimum atomic E-state index is -0.980. The van der Waals surface area contributed by atoms with Gasteiger partial charge >= 0.3 is 5.97 Å². The lowest BCUT2D eigenvalue weighted by Gasteiger charge is -2.18. The van der Waals surface area contributed by atoms with Crippen molar-refractivity contribution < 1.29 is 19.8 Å². The number of aliphatic hydroxyl groups is 1. The molecular formula is C7H11NO4. The van der Waals surface area contributed by atoms with E-state index in [1.54, 1.807) is 0 Å². The summed E-state index contributed by atoms with van der Waals surface area (Å²) in [6.45, 7) is 1.56. The number of hydrogen-bond acceptors (Lipinski definition) is 3. The van der Waals surface area contributed by atoms with Crippen LogP contribution in [0.3, 0.4) is 0 Å². The number of aliphatic carboxylic acids is 1. The quantitative estimate of drug-likeness (QED) is 0.576. The van der Waals surface area contributed by atoms with Crippen LogP contribution >= 0.6 is 0 Å². The van der Waals surface area contributed by atoms with Crippen molar-refractivity contribution in [3.05, 3.63) is 0 Å². The van der Waals surface area contributed by atoms with Crippen LogP contribution in [-0.2, 0) is 9.59 Å². The highest BCUT2D eigenvalue weighted by Crippen LogP contribution is 2.19. The van der Waals surface area contributed by atoms with Gasteiger partial charge in [-0.2, -0.15) is 0 Å². The normalized spacial score (nSPS) is 26.0. The lowest BCUT2D eigenvalue weighted by atomic mass is 10.1. The van der Waals surface area contributed by atoms with Crippen LogP contribution in [0.25, 0.3) is 0 Å². The van der Waals surface area contributed by atoms with Crippen molar-refractivity contribution in [3.8, 4) is 0 Å². The molecule has 0 aromatic carbocycles. The molecule has 1 aliphatic heterocycles. The van der Waals surface area contributed by atoms with Gasteiger partial charge in [-0.3, -0.25) is 9.59 Å². The first-order valence-corrected chi connectivity index (χ1v) is 3.72. The molecular weight excluding hydrogens is 162 g/mol. The first-order chi connectivity index (χ1) is 5.52. The van der Waals surface area contributed by atoms with Crippen molar-refractivity contribution in [3.63, 3.8) is 0 Å². The summed E-state index contributed by atoms with van der Waals surface area (Å²) >= 11 is 0. The van der Waals surface area contributed by atoms with Crippen molar-refractivity contribution >= 4 is 11.9 Å². The highest BCUT2D eigenvalue weighted by atomic mass is 16.4. The summed E-state index contributed by atoms with van der Waals surface area (Å²) < 4.78 is 0. The standard InChI is InChI=1S/C7H11NO4/c1-4(9)8-3-5(7(11)12)2-6(8)10/h4-5,9H,2-3H2,1H3,(H,11,12). The third-order valence-electron chi connectivity index (χ3n) is 1.96. The lowest BCUT2D eigenvalue weighted by Crippen LogP contribution is -2.34. The van der Waals surface area contributed by atoms with Crippen molar-refractivity contribution in [2.75, 3.05) is 6.54 Å². The Morgan fingerprint density at radius 1 is 1.75 bits per heavy atom. The molecule has 5 nitrogen and oxygen atoms in total. The molecule has 2 N–H and O–H groups in total. The molecule has 0 radical (unpaired) electrons. The predicted molar refractivity (Wildman–Crippen MR) is 39.1 cm³/mol. The molecule has 0 aromatic rings. The topological polar surface area (TPSA) is 77.8 Å². The molecule has 1 fully saturated rings. The molecule has 1 aliphatic rings. The Bertz CT molecular complexity index is 213. The Kier molecular flexibility index (Phi) is 2.32. The smallest absolute Gasteiger partial charge is 0.308 e. The molecule has 0 spiro atoms. The molecule has 1 rings (SSSR count). The van der Waals surface area contributed by atoms with Crippen LogP contribution in [0.1, 0.15) is 13.3 Å². The minimum Gasteiger partial charge on any atom is -0.481 e. The molecule has 1 saturated heterocycles. The zero-order valence-corrected chi connectivity index (χ0v) is 6.73. The Hall–Kier alpha value is -1.10. The number of carboxylic acids is 1. The van der Waals surface area contributed by atoms with E-state index >= 15 is 0 Å². The van der Waals surface area contributed by atoms with E-state index in [1.165, 1.54) is 11.8 Å². The van der Waals surface area contributed by atoms with Gasteiger partial charge < -0.3 is 15.1 Å². The summed E-state index contributed by atoms with van der Waals surface area (Å²) in [6, 6.07) is 0. The van der Waals surface area contributed by atoms with Gasteiger partial charge in [-0.1, -0.05) is 0 Å². The van der Waals surface area contributed by atoms with E-state index in [0.717, 1.165) is 0 Å². The van der Waals surface area contributed by atoms with Crippen LogP contribution in [0.5, 0.6) is 0 Å². The van der Waals surface area contributed by atoms with Crippen LogP contribution in [0.4, 0.5) is 0 Å². The predicted octanol–water partition coefficient (Wildman–Crippen LogP) is -0.742. The van der Waals surface area contributed by atoms with E-state index in [0.29, 0.717) is 0 Å². The number of likely N-dealkylation sites (tertiary alicyclic amines) is 1. The number of nitrogens with zero attached hydrogens (tertiary/aromatic N) is 1. The van der Waals surface area contributed by atoms with Gasteiger partial charge in [0, 0.05) is 13.0 Å². The van der Waals surface area contributed by atoms with Crippen LogP contribution in [0.15, 0.2) is 0 Å². The SMILES string of the molecule is CC(O)N1CC(C(=O)O)CC1=O. The first kappa shape index (κ1) is 8.99. The Morgan fingerprint density at radius 3 is 2.58 bits per heavy atom. The van der Waals surface area contributed by atoms with Crippen molar-refractivity contribution in [1.82, 2.24) is 4.90 Å². The third kappa shape index (κ3) is 1.55. The van der Waals surface area contributed by atoms with Crippen molar-refractivity contribution in [1.29, 1.82) is 0 Å². The van der Waals surface area contributed by atoms with Gasteiger partial charge in [-0.05, 0) is 6.92 Å². The van der Waals surface area contributed by atoms with Gasteiger partial charge in [0.1, 0.15) is 6.23 Å². The third-order valence-corrected chi connectivity index (χ3v) is 1.96. The van der Waals surface area contributed by atoms with Crippen LogP contribution in [0.2, 0.25) is 0 Å². The van der Waals surface area contributed by atoms with Gasteiger partial charge in [0.15, 0.2) is 0 Å². The van der Waals surface area contributed by atoms with Gasteiger partial charge in [-0.15, -0.1) is 0 Å². The van der Waals surface area contributed by atoms with E-state index in [1.807, 2.05) is 0 Å². The summed E-state index contributed by atoms with van der Waals surface area (Å²) in [6.07, 6.45) is -0.887. The average molecular weight is 173 g/mol. The summed E-state index contributed by atoms with van der Waals surface area (Å²) in [5, 5.41) is 17.6. The number of amides is 1. The zero-order valence-electron chi connectivity index (χ0n) is 6.73. The van der Waals surface area contributed by atoms with E-state index in [-0.39, 0.29) is 18.9 Å². The molecule has 5 heteroatoms. The molecule has 0 aromatic heterocycles. The number of hydrogen-bond donors (Lipinski definition) is 2. The van der Waals surface area contributed by atoms with Gasteiger partial charge in [-0.25, -0.2) is 0 Å². The second-order valence-electron chi connectivity index (χ2n) is 2.92. The lowest BCUT2D eigenvalue weighted by molar-refractivity contribution is -0.141. The van der Waals surface area contributed by atoms with E-state index in [9.17, 15) is 9.59 Å². The fourth-order valence-corrected chi connectivity index (χ4v) is 1.26. The number of rotatable bonds is 2. The summed E-state index contributed by atoms with van der Waals surface area (Å²) in [5.74, 6) is -1.93. The summed E-state index contributed by atoms with van der Waals surface area (Å²) in [7, 11) is 0. The molecule has 1 heterocycles. The monoisotopic (exact) mass is 173 g/mol. The highest BCUT2D eigenvalue weighted by Gasteiger charge is 2.35. The number of carboxylic acid groups (broad SMARTS) is 1. The molecule has 2 unspecified atom stereocenters. The van der Waals surface area contributed by atoms with E-state index < -0.39 is 18.1 Å². The molecule has 0 aliphatic carbocycles. The Morgan fingerprint density at radius 2 is 2.33 bits per heavy atom. The largest absolute Gasteiger partial charge is 0.481 e. The first-order valence-electron chi connectivity index (χ1n) is 3.72. The van der Waals surface area contributed by atoms with Crippen molar-refractivity contribution in [2.45, 2.75) is 19.6 Å². The number of carbonyl (C=O) groups is 2. The molecule has 0 saturated carbocycles. The fourth-order valence-electron chi connectivity index (χ4n) is 1.26. The second kappa shape index (κ2) is 3.10. The van der Waals surface area contributed by atoms with E-state index in [4.69, 9.17) is 10.2 Å². The molecule has 12 heavy (non-hydrogen) atoms. The molecule has 0 bridgehead atoms. The molecule has 2 atom stereocenters. The Balaban J connectivity index is 2.62. The van der Waals surface area contributed by atoms with Crippen LogP contribution in [-0.4, -0.2) is 39.8 Å². The van der Waals surface area contributed by atoms with Crippen molar-refractivity contribution in [2.24, 2.45) is 5.92 Å². The minimum absolute atomic E-state index is 0.000231. The average Bonchev–Trinajstić information content (AvgIpc) is 2.30. The molecule has 1 amide bonds. The highest BCUT2D eigenvalue weighted by molar-refractivity contribution is 5.86. The number of aliphatic hydroxyl groups excluding tert-OH is 1. The van der Waals surface area contributed by atoms with E-state index in [2.05, 4.69) is 0 Å². The second-order valence-corrected chi connectivity index (χ2v) is 2.92.